The number of hydrogen-bond acceptors (Lipinski definition) is 3. The molecule has 0 saturated heterocycles. The van der Waals surface area contributed by atoms with Crippen LogP contribution in [-0.4, -0.2) is 29.9 Å². The molecule has 1 amide bonds. The van der Waals surface area contributed by atoms with Gasteiger partial charge in [-0.1, -0.05) is 6.07 Å². The van der Waals surface area contributed by atoms with Crippen molar-refractivity contribution in [2.45, 2.75) is 33.7 Å². The second-order valence-electron chi connectivity index (χ2n) is 4.45. The van der Waals surface area contributed by atoms with E-state index in [-0.39, 0.29) is 11.9 Å². The number of benzene rings is 1. The Balaban J connectivity index is 2.77. The van der Waals surface area contributed by atoms with Crippen LogP contribution >= 0.6 is 0 Å². The topological polar surface area (TPSA) is 58.4 Å². The van der Waals surface area contributed by atoms with E-state index in [1.165, 1.54) is 0 Å². The Bertz CT molecular complexity index is 414. The summed E-state index contributed by atoms with van der Waals surface area (Å²) in [6.07, 6.45) is 0. The van der Waals surface area contributed by atoms with E-state index in [9.17, 15) is 4.79 Å². The number of carbonyl (C=O) groups excluding carboxylic acids is 1. The number of nitrogens with one attached hydrogen (secondary N) is 1. The summed E-state index contributed by atoms with van der Waals surface area (Å²) in [7, 11) is 0. The zero-order valence-electron chi connectivity index (χ0n) is 11.7. The number of aryl methyl sites for hydroxylation is 1. The van der Waals surface area contributed by atoms with Crippen LogP contribution in [0.25, 0.3) is 0 Å². The van der Waals surface area contributed by atoms with Crippen LogP contribution in [0.2, 0.25) is 0 Å². The fraction of sp³-hybridized carbons (Fsp3) is 0.500. The van der Waals surface area contributed by atoms with Gasteiger partial charge in [-0.25, -0.2) is 0 Å². The second kappa shape index (κ2) is 6.28. The van der Waals surface area contributed by atoms with E-state index < -0.39 is 0 Å². The zero-order chi connectivity index (χ0) is 13.7. The van der Waals surface area contributed by atoms with Crippen LogP contribution in [0, 0.1) is 6.92 Å². The summed E-state index contributed by atoms with van der Waals surface area (Å²) >= 11 is 0. The lowest BCUT2D eigenvalue weighted by atomic mass is 10.1. The third-order valence-corrected chi connectivity index (χ3v) is 3.08. The Kier molecular flexibility index (Phi) is 5.01. The van der Waals surface area contributed by atoms with Crippen molar-refractivity contribution in [3.05, 3.63) is 23.8 Å². The fourth-order valence-electron chi connectivity index (χ4n) is 1.90. The van der Waals surface area contributed by atoms with Crippen LogP contribution in [0.15, 0.2) is 18.2 Å². The van der Waals surface area contributed by atoms with E-state index in [1.807, 2.05) is 50.8 Å². The number of amides is 1. The third kappa shape index (κ3) is 3.39. The first kappa shape index (κ1) is 14.4. The lowest BCUT2D eigenvalue weighted by molar-refractivity contribution is -0.131. The standard InChI is InChI=1S/C14H23N3O/c1-5-17(6-2)14(18)11(4)16-13-9-12(15)8-7-10(13)3/h7-9,11,16H,5-6,15H2,1-4H3. The Labute approximate surface area is 109 Å². The zero-order valence-corrected chi connectivity index (χ0v) is 11.7. The molecule has 0 fully saturated rings. The summed E-state index contributed by atoms with van der Waals surface area (Å²) < 4.78 is 0. The molecule has 0 aromatic heterocycles. The lowest BCUT2D eigenvalue weighted by Gasteiger charge is -2.24. The van der Waals surface area contributed by atoms with Gasteiger partial charge in [0.2, 0.25) is 5.91 Å². The molecule has 0 aliphatic heterocycles. The van der Waals surface area contributed by atoms with Crippen molar-refractivity contribution in [2.24, 2.45) is 0 Å². The van der Waals surface area contributed by atoms with Crippen LogP contribution in [0.3, 0.4) is 0 Å². The molecule has 1 unspecified atom stereocenters. The largest absolute Gasteiger partial charge is 0.399 e. The molecule has 0 radical (unpaired) electrons. The maximum Gasteiger partial charge on any atom is 0.244 e. The van der Waals surface area contributed by atoms with Gasteiger partial charge in [0, 0.05) is 24.5 Å². The number of rotatable bonds is 5. The van der Waals surface area contributed by atoms with E-state index in [2.05, 4.69) is 5.32 Å². The predicted octanol–water partition coefficient (Wildman–Crippen LogP) is 2.25. The van der Waals surface area contributed by atoms with Crippen LogP contribution in [0.5, 0.6) is 0 Å². The molecule has 0 saturated carbocycles. The highest BCUT2D eigenvalue weighted by Gasteiger charge is 2.18. The van der Waals surface area contributed by atoms with Gasteiger partial charge in [0.15, 0.2) is 0 Å². The SMILES string of the molecule is CCN(CC)C(=O)C(C)Nc1cc(N)ccc1C. The molecule has 4 heteroatoms. The maximum atomic E-state index is 12.1. The van der Waals surface area contributed by atoms with Crippen molar-refractivity contribution in [3.63, 3.8) is 0 Å². The van der Waals surface area contributed by atoms with Gasteiger partial charge < -0.3 is 16.0 Å². The molecule has 1 aromatic rings. The molecule has 1 aromatic carbocycles. The molecule has 4 nitrogen and oxygen atoms in total. The third-order valence-electron chi connectivity index (χ3n) is 3.08. The Morgan fingerprint density at radius 1 is 1.39 bits per heavy atom. The predicted molar refractivity (Wildman–Crippen MR) is 76.6 cm³/mol. The number of anilines is 2. The van der Waals surface area contributed by atoms with Crippen molar-refractivity contribution >= 4 is 17.3 Å². The average molecular weight is 249 g/mol. The van der Waals surface area contributed by atoms with Crippen LogP contribution < -0.4 is 11.1 Å². The first-order valence-corrected chi connectivity index (χ1v) is 6.41. The minimum Gasteiger partial charge on any atom is -0.399 e. The molecule has 18 heavy (non-hydrogen) atoms. The minimum atomic E-state index is -0.245. The van der Waals surface area contributed by atoms with Crippen LogP contribution in [0.1, 0.15) is 26.3 Å². The molecule has 0 aliphatic rings. The van der Waals surface area contributed by atoms with Gasteiger partial charge >= 0.3 is 0 Å². The Morgan fingerprint density at radius 2 is 2.00 bits per heavy atom. The van der Waals surface area contributed by atoms with E-state index in [4.69, 9.17) is 5.73 Å². The highest BCUT2D eigenvalue weighted by Crippen LogP contribution is 2.19. The lowest BCUT2D eigenvalue weighted by Crippen LogP contribution is -2.41. The van der Waals surface area contributed by atoms with Gasteiger partial charge in [-0.3, -0.25) is 4.79 Å². The van der Waals surface area contributed by atoms with Gasteiger partial charge in [-0.2, -0.15) is 0 Å². The monoisotopic (exact) mass is 249 g/mol. The van der Waals surface area contributed by atoms with Crippen LogP contribution in [-0.2, 0) is 4.79 Å². The molecule has 0 bridgehead atoms. The van der Waals surface area contributed by atoms with Gasteiger partial charge in [0.05, 0.1) is 0 Å². The minimum absolute atomic E-state index is 0.113. The Hall–Kier alpha value is -1.71. The van der Waals surface area contributed by atoms with Crippen molar-refractivity contribution in [1.29, 1.82) is 0 Å². The first-order chi connectivity index (χ1) is 8.49. The van der Waals surface area contributed by atoms with Crippen molar-refractivity contribution < 1.29 is 4.79 Å². The number of nitrogens with zero attached hydrogens (tertiary/aromatic N) is 1. The summed E-state index contributed by atoms with van der Waals surface area (Å²) in [5.41, 5.74) is 8.46. The highest BCUT2D eigenvalue weighted by atomic mass is 16.2. The number of hydrogen-bond donors (Lipinski definition) is 2. The van der Waals surface area contributed by atoms with Gasteiger partial charge in [-0.05, 0) is 45.4 Å². The molecule has 1 atom stereocenters. The summed E-state index contributed by atoms with van der Waals surface area (Å²) in [5, 5.41) is 3.23. The average Bonchev–Trinajstić information content (AvgIpc) is 2.35. The first-order valence-electron chi connectivity index (χ1n) is 6.41. The van der Waals surface area contributed by atoms with Gasteiger partial charge in [0.25, 0.3) is 0 Å². The number of carbonyl (C=O) groups is 1. The number of likely N-dealkylation sites (N-methyl/N-ethyl adjacent to an activating group) is 1. The van der Waals surface area contributed by atoms with Gasteiger partial charge in [-0.15, -0.1) is 0 Å². The molecule has 3 N–H and O–H groups in total. The molecule has 100 valence electrons. The maximum absolute atomic E-state index is 12.1. The molecule has 1 rings (SSSR count). The molecular weight excluding hydrogens is 226 g/mol. The normalized spacial score (nSPS) is 12.0. The van der Waals surface area contributed by atoms with E-state index >= 15 is 0 Å². The Morgan fingerprint density at radius 3 is 2.56 bits per heavy atom. The van der Waals surface area contributed by atoms with Crippen molar-refractivity contribution in [3.8, 4) is 0 Å². The fourth-order valence-corrected chi connectivity index (χ4v) is 1.90. The summed E-state index contributed by atoms with van der Waals surface area (Å²) in [4.78, 5) is 14.0. The van der Waals surface area contributed by atoms with Crippen molar-refractivity contribution in [1.82, 2.24) is 4.90 Å². The second-order valence-corrected chi connectivity index (χ2v) is 4.45. The molecule has 0 heterocycles. The van der Waals surface area contributed by atoms with E-state index in [1.54, 1.807) is 0 Å². The quantitative estimate of drug-likeness (QED) is 0.787. The van der Waals surface area contributed by atoms with E-state index in [0.717, 1.165) is 24.3 Å². The van der Waals surface area contributed by atoms with Crippen molar-refractivity contribution in [2.75, 3.05) is 24.1 Å². The molecule has 0 spiro atoms. The number of nitrogen functional groups attached to an aromatic ring is 1. The van der Waals surface area contributed by atoms with E-state index in [0.29, 0.717) is 5.69 Å². The summed E-state index contributed by atoms with van der Waals surface area (Å²) in [6.45, 7) is 9.31. The summed E-state index contributed by atoms with van der Waals surface area (Å²) in [6, 6.07) is 5.43. The highest BCUT2D eigenvalue weighted by molar-refractivity contribution is 5.84. The molecule has 0 aliphatic carbocycles. The van der Waals surface area contributed by atoms with Gasteiger partial charge in [0.1, 0.15) is 6.04 Å². The molecular formula is C14H23N3O. The smallest absolute Gasteiger partial charge is 0.244 e. The summed E-state index contributed by atoms with van der Waals surface area (Å²) in [5.74, 6) is 0.113. The van der Waals surface area contributed by atoms with Crippen LogP contribution in [0.4, 0.5) is 11.4 Å². The number of nitrogens with two attached hydrogens (primary N) is 1.